The lowest BCUT2D eigenvalue weighted by Crippen LogP contribution is -2.33. The van der Waals surface area contributed by atoms with E-state index in [9.17, 15) is 9.59 Å². The lowest BCUT2D eigenvalue weighted by Gasteiger charge is -2.16. The van der Waals surface area contributed by atoms with Gasteiger partial charge >= 0.3 is 5.97 Å². The highest BCUT2D eigenvalue weighted by Gasteiger charge is 2.14. The minimum Gasteiger partial charge on any atom is -0.465 e. The Morgan fingerprint density at radius 2 is 2.00 bits per heavy atom. The highest BCUT2D eigenvalue weighted by molar-refractivity contribution is 6.35. The molecular weight excluding hydrogens is 301 g/mol. The van der Waals surface area contributed by atoms with Crippen LogP contribution >= 0.6 is 23.2 Å². The number of benzene rings is 1. The number of carbonyl (C=O) groups excluding carboxylic acids is 2. The zero-order valence-corrected chi connectivity index (χ0v) is 13.0. The van der Waals surface area contributed by atoms with E-state index in [1.54, 1.807) is 32.2 Å². The molecule has 0 heterocycles. The molecule has 1 rings (SSSR count). The van der Waals surface area contributed by atoms with Gasteiger partial charge < -0.3 is 9.64 Å². The van der Waals surface area contributed by atoms with Crippen molar-refractivity contribution in [2.45, 2.75) is 19.8 Å². The van der Waals surface area contributed by atoms with E-state index in [1.807, 2.05) is 0 Å². The molecule has 1 aromatic rings. The van der Waals surface area contributed by atoms with Crippen molar-refractivity contribution < 1.29 is 14.3 Å². The molecule has 1 amide bonds. The summed E-state index contributed by atoms with van der Waals surface area (Å²) in [7, 11) is 1.57. The van der Waals surface area contributed by atoms with Crippen LogP contribution in [0.5, 0.6) is 0 Å². The molecule has 0 bridgehead atoms. The Labute approximate surface area is 128 Å². The van der Waals surface area contributed by atoms with Gasteiger partial charge in [0.1, 0.15) is 6.54 Å². The van der Waals surface area contributed by atoms with E-state index in [-0.39, 0.29) is 18.9 Å². The number of likely N-dealkylation sites (N-methyl/N-ethyl adjacent to an activating group) is 1. The van der Waals surface area contributed by atoms with Crippen LogP contribution in [0.1, 0.15) is 18.9 Å². The molecule has 0 aromatic heterocycles. The Kier molecular flexibility index (Phi) is 6.82. The average Bonchev–Trinajstić information content (AvgIpc) is 2.37. The van der Waals surface area contributed by atoms with E-state index < -0.39 is 5.97 Å². The minimum absolute atomic E-state index is 0.0407. The van der Waals surface area contributed by atoms with Gasteiger partial charge in [-0.3, -0.25) is 9.59 Å². The SMILES string of the molecule is CCOC(=O)CN(C)C(=O)CCc1ccc(Cl)cc1Cl. The summed E-state index contributed by atoms with van der Waals surface area (Å²) in [6, 6.07) is 5.17. The standard InChI is InChI=1S/C14H17Cl2NO3/c1-3-20-14(19)9-17(2)13(18)7-5-10-4-6-11(15)8-12(10)16/h4,6,8H,3,5,7,9H2,1-2H3. The predicted molar refractivity (Wildman–Crippen MR) is 79.1 cm³/mol. The number of esters is 1. The van der Waals surface area contributed by atoms with Gasteiger partial charge in [-0.2, -0.15) is 0 Å². The topological polar surface area (TPSA) is 46.6 Å². The molecule has 0 N–H and O–H groups in total. The van der Waals surface area contributed by atoms with Gasteiger partial charge in [-0.15, -0.1) is 0 Å². The second-order valence-corrected chi connectivity index (χ2v) is 5.13. The first-order valence-corrected chi connectivity index (χ1v) is 7.03. The molecule has 0 aliphatic rings. The van der Waals surface area contributed by atoms with Gasteiger partial charge in [-0.1, -0.05) is 29.3 Å². The quantitative estimate of drug-likeness (QED) is 0.758. The van der Waals surface area contributed by atoms with Crippen LogP contribution in [0.2, 0.25) is 10.0 Å². The molecule has 0 saturated heterocycles. The zero-order valence-electron chi connectivity index (χ0n) is 11.5. The third-order valence-electron chi connectivity index (χ3n) is 2.72. The van der Waals surface area contributed by atoms with Gasteiger partial charge in [0.2, 0.25) is 5.91 Å². The van der Waals surface area contributed by atoms with Gasteiger partial charge in [0.15, 0.2) is 0 Å². The largest absolute Gasteiger partial charge is 0.465 e. The lowest BCUT2D eigenvalue weighted by atomic mass is 10.1. The normalized spacial score (nSPS) is 10.2. The molecule has 0 spiro atoms. The molecule has 0 aliphatic carbocycles. The van der Waals surface area contributed by atoms with Gasteiger partial charge in [0, 0.05) is 23.5 Å². The predicted octanol–water partition coefficient (Wildman–Crippen LogP) is 2.95. The lowest BCUT2D eigenvalue weighted by molar-refractivity contribution is -0.148. The first kappa shape index (κ1) is 16.8. The van der Waals surface area contributed by atoms with E-state index in [0.29, 0.717) is 23.1 Å². The summed E-state index contributed by atoms with van der Waals surface area (Å²) in [5.74, 6) is -0.544. The molecule has 0 atom stereocenters. The number of halogens is 2. The second kappa shape index (κ2) is 8.12. The zero-order chi connectivity index (χ0) is 15.1. The van der Waals surface area contributed by atoms with Crippen molar-refractivity contribution in [1.82, 2.24) is 4.90 Å². The number of aryl methyl sites for hydroxylation is 1. The van der Waals surface area contributed by atoms with Crippen LogP contribution in [-0.4, -0.2) is 37.0 Å². The third-order valence-corrected chi connectivity index (χ3v) is 3.31. The monoisotopic (exact) mass is 317 g/mol. The van der Waals surface area contributed by atoms with Gasteiger partial charge in [0.05, 0.1) is 6.61 Å². The maximum Gasteiger partial charge on any atom is 0.325 e. The van der Waals surface area contributed by atoms with E-state index >= 15 is 0 Å². The molecule has 0 aliphatic heterocycles. The number of rotatable bonds is 6. The first-order valence-electron chi connectivity index (χ1n) is 6.27. The highest BCUT2D eigenvalue weighted by Crippen LogP contribution is 2.22. The van der Waals surface area contributed by atoms with Crippen LogP contribution in [-0.2, 0) is 20.7 Å². The summed E-state index contributed by atoms with van der Waals surface area (Å²) in [6.45, 7) is 1.99. The highest BCUT2D eigenvalue weighted by atomic mass is 35.5. The Morgan fingerprint density at radius 1 is 1.30 bits per heavy atom. The summed E-state index contributed by atoms with van der Waals surface area (Å²) in [4.78, 5) is 24.5. The Bertz CT molecular complexity index is 491. The smallest absolute Gasteiger partial charge is 0.325 e. The van der Waals surface area contributed by atoms with E-state index in [0.717, 1.165) is 5.56 Å². The van der Waals surface area contributed by atoms with Crippen molar-refractivity contribution in [2.75, 3.05) is 20.2 Å². The fraction of sp³-hybridized carbons (Fsp3) is 0.429. The number of amides is 1. The maximum atomic E-state index is 11.9. The Balaban J connectivity index is 2.48. The van der Waals surface area contributed by atoms with Crippen LogP contribution < -0.4 is 0 Å². The number of nitrogens with zero attached hydrogens (tertiary/aromatic N) is 1. The van der Waals surface area contributed by atoms with Crippen LogP contribution in [0.4, 0.5) is 0 Å². The molecule has 0 radical (unpaired) electrons. The molecule has 0 unspecified atom stereocenters. The van der Waals surface area contributed by atoms with E-state index in [4.69, 9.17) is 27.9 Å². The second-order valence-electron chi connectivity index (χ2n) is 4.29. The van der Waals surface area contributed by atoms with Crippen LogP contribution in [0, 0.1) is 0 Å². The molecule has 1 aromatic carbocycles. The van der Waals surface area contributed by atoms with E-state index in [2.05, 4.69) is 0 Å². The van der Waals surface area contributed by atoms with Gasteiger partial charge in [-0.25, -0.2) is 0 Å². The molecule has 0 fully saturated rings. The molecule has 4 nitrogen and oxygen atoms in total. The van der Waals surface area contributed by atoms with Crippen molar-refractivity contribution in [3.8, 4) is 0 Å². The summed E-state index contributed by atoms with van der Waals surface area (Å²) < 4.78 is 4.79. The van der Waals surface area contributed by atoms with Crippen molar-refractivity contribution in [3.05, 3.63) is 33.8 Å². The van der Waals surface area contributed by atoms with Crippen molar-refractivity contribution >= 4 is 35.1 Å². The van der Waals surface area contributed by atoms with Crippen LogP contribution in [0.25, 0.3) is 0 Å². The summed E-state index contributed by atoms with van der Waals surface area (Å²) in [6.07, 6.45) is 0.777. The summed E-state index contributed by atoms with van der Waals surface area (Å²) in [5.41, 5.74) is 0.856. The minimum atomic E-state index is -0.409. The van der Waals surface area contributed by atoms with Crippen LogP contribution in [0.3, 0.4) is 0 Å². The number of carbonyl (C=O) groups is 2. The average molecular weight is 318 g/mol. The number of ether oxygens (including phenoxy) is 1. The summed E-state index contributed by atoms with van der Waals surface area (Å²) in [5, 5.41) is 1.10. The molecule has 6 heteroatoms. The van der Waals surface area contributed by atoms with Crippen molar-refractivity contribution in [2.24, 2.45) is 0 Å². The summed E-state index contributed by atoms with van der Waals surface area (Å²) >= 11 is 11.8. The van der Waals surface area contributed by atoms with Crippen molar-refractivity contribution in [3.63, 3.8) is 0 Å². The number of hydrogen-bond donors (Lipinski definition) is 0. The van der Waals surface area contributed by atoms with E-state index in [1.165, 1.54) is 4.90 Å². The fourth-order valence-electron chi connectivity index (χ4n) is 1.65. The molecule has 110 valence electrons. The first-order chi connectivity index (χ1) is 9.43. The van der Waals surface area contributed by atoms with Gasteiger partial charge in [0.25, 0.3) is 0 Å². The molecule has 20 heavy (non-hydrogen) atoms. The Hall–Kier alpha value is -1.26. The molecular formula is C14H17Cl2NO3. The van der Waals surface area contributed by atoms with Crippen LogP contribution in [0.15, 0.2) is 18.2 Å². The van der Waals surface area contributed by atoms with Crippen molar-refractivity contribution in [1.29, 1.82) is 0 Å². The fourth-order valence-corrected chi connectivity index (χ4v) is 2.15. The third kappa shape index (κ3) is 5.39. The number of hydrogen-bond acceptors (Lipinski definition) is 3. The molecule has 0 saturated carbocycles. The maximum absolute atomic E-state index is 11.9. The van der Waals surface area contributed by atoms with Gasteiger partial charge in [-0.05, 0) is 31.0 Å². The Morgan fingerprint density at radius 3 is 2.60 bits per heavy atom.